The smallest absolute Gasteiger partial charge is 0.174 e. The van der Waals surface area contributed by atoms with Gasteiger partial charge in [-0.3, -0.25) is 0 Å². The van der Waals surface area contributed by atoms with Crippen molar-refractivity contribution in [2.24, 2.45) is 16.7 Å². The molecule has 3 atom stereocenters. The first-order valence-corrected chi connectivity index (χ1v) is 8.00. The Morgan fingerprint density at radius 2 is 1.80 bits per heavy atom. The van der Waals surface area contributed by atoms with E-state index < -0.39 is 0 Å². The summed E-state index contributed by atoms with van der Waals surface area (Å²) in [6, 6.07) is 0. The van der Waals surface area contributed by atoms with Crippen molar-refractivity contribution in [2.75, 3.05) is 26.9 Å². The average molecular weight is 284 g/mol. The normalized spacial score (nSPS) is 43.6. The molecule has 4 heteroatoms. The molecule has 2 aliphatic carbocycles. The van der Waals surface area contributed by atoms with Crippen LogP contribution in [0.25, 0.3) is 0 Å². The van der Waals surface area contributed by atoms with Crippen LogP contribution >= 0.6 is 0 Å². The number of rotatable bonds is 3. The van der Waals surface area contributed by atoms with E-state index in [0.717, 1.165) is 19.6 Å². The average Bonchev–Trinajstić information content (AvgIpc) is 2.89. The minimum atomic E-state index is -0.343. The van der Waals surface area contributed by atoms with Crippen LogP contribution in [0, 0.1) is 16.7 Å². The maximum Gasteiger partial charge on any atom is 0.174 e. The molecule has 1 heterocycles. The van der Waals surface area contributed by atoms with Crippen molar-refractivity contribution in [1.82, 2.24) is 0 Å². The summed E-state index contributed by atoms with van der Waals surface area (Å²) in [5, 5.41) is 0. The maximum atomic E-state index is 6.16. The van der Waals surface area contributed by atoms with Gasteiger partial charge in [-0.25, -0.2) is 9.78 Å². The first kappa shape index (κ1) is 14.8. The quantitative estimate of drug-likeness (QED) is 0.588. The van der Waals surface area contributed by atoms with Crippen molar-refractivity contribution in [3.8, 4) is 0 Å². The van der Waals surface area contributed by atoms with Gasteiger partial charge < -0.3 is 9.47 Å². The monoisotopic (exact) mass is 284 g/mol. The van der Waals surface area contributed by atoms with Crippen LogP contribution in [0.2, 0.25) is 0 Å². The first-order chi connectivity index (χ1) is 9.56. The third-order valence-corrected chi connectivity index (χ3v) is 6.18. The molecule has 3 aliphatic rings. The summed E-state index contributed by atoms with van der Waals surface area (Å²) in [4.78, 5) is 10.2. The van der Waals surface area contributed by atoms with Gasteiger partial charge in [0.05, 0.1) is 26.9 Å². The Morgan fingerprint density at radius 1 is 1.05 bits per heavy atom. The van der Waals surface area contributed by atoms with Gasteiger partial charge in [-0.2, -0.15) is 0 Å². The summed E-state index contributed by atoms with van der Waals surface area (Å²) >= 11 is 0. The van der Waals surface area contributed by atoms with Crippen LogP contribution in [0.3, 0.4) is 0 Å². The lowest BCUT2D eigenvalue weighted by molar-refractivity contribution is -0.325. The minimum Gasteiger partial charge on any atom is -0.347 e. The number of ether oxygens (including phenoxy) is 2. The summed E-state index contributed by atoms with van der Waals surface area (Å²) in [6.45, 7) is 6.88. The topological polar surface area (TPSA) is 36.9 Å². The molecule has 0 N–H and O–H groups in total. The fourth-order valence-corrected chi connectivity index (χ4v) is 5.22. The lowest BCUT2D eigenvalue weighted by atomic mass is 9.49. The molecule has 1 aliphatic heterocycles. The Balaban J connectivity index is 1.89. The summed E-state index contributed by atoms with van der Waals surface area (Å²) in [7, 11) is 1.59. The molecule has 0 aromatic carbocycles. The maximum absolute atomic E-state index is 6.16. The van der Waals surface area contributed by atoms with Gasteiger partial charge in [0, 0.05) is 11.8 Å². The molecule has 4 nitrogen and oxygen atoms in total. The molecule has 20 heavy (non-hydrogen) atoms. The molecular weight excluding hydrogens is 256 g/mol. The number of hydrogen-bond acceptors (Lipinski definition) is 4. The Bertz CT molecular complexity index is 352. The van der Waals surface area contributed by atoms with Gasteiger partial charge in [0.15, 0.2) is 5.79 Å². The molecule has 3 unspecified atom stereocenters. The van der Waals surface area contributed by atoms with Crippen LogP contribution in [-0.2, 0) is 19.2 Å². The summed E-state index contributed by atoms with van der Waals surface area (Å²) in [6.07, 6.45) is 7.08. The third-order valence-electron chi connectivity index (χ3n) is 6.18. The molecule has 116 valence electrons. The van der Waals surface area contributed by atoms with Gasteiger partial charge in [0.25, 0.3) is 0 Å². The predicted molar refractivity (Wildman–Crippen MR) is 75.0 cm³/mol. The summed E-state index contributed by atoms with van der Waals surface area (Å²) in [5.41, 5.74) is 0.261. The zero-order valence-electron chi connectivity index (χ0n) is 13.1. The second-order valence-electron chi connectivity index (χ2n) is 7.25. The Labute approximate surface area is 122 Å². The zero-order valence-corrected chi connectivity index (χ0v) is 13.1. The summed E-state index contributed by atoms with van der Waals surface area (Å²) < 4.78 is 12.3. The molecule has 1 saturated heterocycles. The van der Waals surface area contributed by atoms with Crippen LogP contribution in [0.4, 0.5) is 0 Å². The highest BCUT2D eigenvalue weighted by atomic mass is 17.2. The van der Waals surface area contributed by atoms with Crippen LogP contribution in [0.15, 0.2) is 0 Å². The molecule has 1 spiro atoms. The molecule has 2 saturated carbocycles. The van der Waals surface area contributed by atoms with E-state index in [1.165, 1.54) is 32.1 Å². The predicted octanol–water partition coefficient (Wildman–Crippen LogP) is 3.30. The van der Waals surface area contributed by atoms with Gasteiger partial charge in [-0.15, -0.1) is 0 Å². The molecule has 0 amide bonds. The lowest BCUT2D eigenvalue weighted by Crippen LogP contribution is -2.60. The Morgan fingerprint density at radius 3 is 2.50 bits per heavy atom. The second kappa shape index (κ2) is 5.24. The zero-order chi connectivity index (χ0) is 14.3. The van der Waals surface area contributed by atoms with Gasteiger partial charge in [0.1, 0.15) is 0 Å². The van der Waals surface area contributed by atoms with E-state index in [-0.39, 0.29) is 16.6 Å². The van der Waals surface area contributed by atoms with Crippen molar-refractivity contribution in [3.05, 3.63) is 0 Å². The molecule has 0 radical (unpaired) electrons. The lowest BCUT2D eigenvalue weighted by Gasteiger charge is -2.60. The van der Waals surface area contributed by atoms with Gasteiger partial charge >= 0.3 is 0 Å². The van der Waals surface area contributed by atoms with Crippen molar-refractivity contribution in [1.29, 1.82) is 0 Å². The molecule has 3 fully saturated rings. The number of hydrogen-bond donors (Lipinski definition) is 0. The van der Waals surface area contributed by atoms with Gasteiger partial charge in [0.2, 0.25) is 0 Å². The fraction of sp³-hybridized carbons (Fsp3) is 1.00. The van der Waals surface area contributed by atoms with Crippen LogP contribution in [0.1, 0.15) is 52.4 Å². The minimum absolute atomic E-state index is 0.103. The highest BCUT2D eigenvalue weighted by Crippen LogP contribution is 2.63. The van der Waals surface area contributed by atoms with Crippen molar-refractivity contribution in [3.63, 3.8) is 0 Å². The van der Waals surface area contributed by atoms with E-state index in [1.807, 2.05) is 0 Å². The standard InChI is InChI=1S/C16H28O4/c1-14(12-20-17-3)7-5-8-15(2)13(14)6-4-9-16(15)18-10-11-19-16/h13H,4-12H2,1-3H3. The van der Waals surface area contributed by atoms with E-state index in [4.69, 9.17) is 19.2 Å². The van der Waals surface area contributed by atoms with Crippen molar-refractivity contribution >= 4 is 0 Å². The fourth-order valence-electron chi connectivity index (χ4n) is 5.22. The molecule has 0 aromatic rings. The first-order valence-electron chi connectivity index (χ1n) is 8.00. The van der Waals surface area contributed by atoms with E-state index in [1.54, 1.807) is 7.11 Å². The Kier molecular flexibility index (Phi) is 3.87. The van der Waals surface area contributed by atoms with Crippen LogP contribution < -0.4 is 0 Å². The van der Waals surface area contributed by atoms with E-state index in [0.29, 0.717) is 12.5 Å². The van der Waals surface area contributed by atoms with Crippen LogP contribution in [0.5, 0.6) is 0 Å². The summed E-state index contributed by atoms with van der Waals surface area (Å²) in [5.74, 6) is 0.232. The molecular formula is C16H28O4. The largest absolute Gasteiger partial charge is 0.347 e. The number of fused-ring (bicyclic) bond motifs is 2. The molecule has 3 rings (SSSR count). The van der Waals surface area contributed by atoms with Crippen molar-refractivity contribution < 1.29 is 19.2 Å². The van der Waals surface area contributed by atoms with E-state index in [9.17, 15) is 0 Å². The molecule has 0 bridgehead atoms. The van der Waals surface area contributed by atoms with Gasteiger partial charge in [-0.05, 0) is 37.0 Å². The van der Waals surface area contributed by atoms with E-state index >= 15 is 0 Å². The third kappa shape index (κ3) is 2.04. The van der Waals surface area contributed by atoms with Crippen LogP contribution in [-0.4, -0.2) is 32.7 Å². The van der Waals surface area contributed by atoms with E-state index in [2.05, 4.69) is 13.8 Å². The highest BCUT2D eigenvalue weighted by Gasteiger charge is 2.63. The van der Waals surface area contributed by atoms with Gasteiger partial charge in [-0.1, -0.05) is 20.3 Å². The second-order valence-corrected chi connectivity index (χ2v) is 7.25. The Hall–Kier alpha value is -0.160. The van der Waals surface area contributed by atoms with Crippen molar-refractivity contribution in [2.45, 2.75) is 58.2 Å². The SMILES string of the molecule is COOCC1(C)CCCC2(C)C1CCCC21OCCO1. The molecule has 0 aromatic heterocycles. The highest BCUT2D eigenvalue weighted by molar-refractivity contribution is 5.07.